The minimum atomic E-state index is -3.83. The van der Waals surface area contributed by atoms with Gasteiger partial charge in [0.1, 0.15) is 10.7 Å². The third-order valence-electron chi connectivity index (χ3n) is 7.08. The third-order valence-corrected chi connectivity index (χ3v) is 10.6. The molecule has 0 spiro atoms. The first-order valence-corrected chi connectivity index (χ1v) is 16.8. The Morgan fingerprint density at radius 2 is 2.12 bits per heavy atom. The Kier molecular flexibility index (Phi) is 8.77. The Morgan fingerprint density at radius 1 is 1.27 bits per heavy atom. The smallest absolute Gasteiger partial charge is 0.263 e. The normalized spacial score (nSPS) is 17.5. The number of thiophene rings is 1. The van der Waals surface area contributed by atoms with Crippen LogP contribution in [0, 0.1) is 5.92 Å². The zero-order chi connectivity index (χ0) is 28.3. The van der Waals surface area contributed by atoms with Crippen molar-refractivity contribution in [2.75, 3.05) is 17.6 Å². The number of hydrogen-bond donors (Lipinski definition) is 2. The molecule has 2 aromatic heterocycles. The van der Waals surface area contributed by atoms with Crippen molar-refractivity contribution in [2.45, 2.75) is 68.5 Å². The van der Waals surface area contributed by atoms with Crippen molar-refractivity contribution in [3.05, 3.63) is 57.7 Å². The number of hydrogen-bond acceptors (Lipinski definition) is 8. The van der Waals surface area contributed by atoms with Crippen LogP contribution in [-0.4, -0.2) is 42.0 Å². The van der Waals surface area contributed by atoms with Gasteiger partial charge in [-0.2, -0.15) is 0 Å². The Labute approximate surface area is 242 Å². The maximum Gasteiger partial charge on any atom is 0.263 e. The highest BCUT2D eigenvalue weighted by Gasteiger charge is 2.25. The van der Waals surface area contributed by atoms with Crippen LogP contribution in [0.5, 0.6) is 0 Å². The van der Waals surface area contributed by atoms with E-state index >= 15 is 0 Å². The fraction of sp³-hybridized carbons (Fsp3) is 0.429. The molecule has 2 N–H and O–H groups in total. The number of aromatic nitrogens is 2. The van der Waals surface area contributed by atoms with E-state index in [0.29, 0.717) is 47.5 Å². The summed E-state index contributed by atoms with van der Waals surface area (Å²) in [6.07, 6.45) is 8.02. The molecular formula is C28H33N5O4S3. The van der Waals surface area contributed by atoms with E-state index in [0.717, 1.165) is 48.9 Å². The van der Waals surface area contributed by atoms with E-state index in [9.17, 15) is 18.0 Å². The molecule has 40 heavy (non-hydrogen) atoms. The molecule has 0 radical (unpaired) electrons. The van der Waals surface area contributed by atoms with Crippen LogP contribution >= 0.6 is 23.1 Å². The summed E-state index contributed by atoms with van der Waals surface area (Å²) >= 11 is 2.75. The topological polar surface area (TPSA) is 123 Å². The average molecular weight is 600 g/mol. The van der Waals surface area contributed by atoms with Crippen LogP contribution < -0.4 is 15.6 Å². The van der Waals surface area contributed by atoms with Crippen LogP contribution in [0.2, 0.25) is 0 Å². The van der Waals surface area contributed by atoms with Crippen LogP contribution in [0.25, 0.3) is 10.2 Å². The van der Waals surface area contributed by atoms with E-state index in [1.54, 1.807) is 34.1 Å². The lowest BCUT2D eigenvalue weighted by molar-refractivity contribution is -0.113. The minimum Gasteiger partial charge on any atom is -0.325 e. The molecule has 1 unspecified atom stereocenters. The predicted octanol–water partition coefficient (Wildman–Crippen LogP) is 4.75. The second kappa shape index (κ2) is 12.3. The fourth-order valence-corrected chi connectivity index (χ4v) is 8.41. The van der Waals surface area contributed by atoms with Gasteiger partial charge in [-0.1, -0.05) is 37.2 Å². The second-order valence-electron chi connectivity index (χ2n) is 10.2. The SMILES string of the molecule is C=CCn1c(SCC(=O)Nc2cccc(S(=O)(=O)NC3=NCCCCC3)c2)nc2sc3c(c2c1=O)CCC(C)C3. The molecule has 5 rings (SSSR count). The molecule has 1 aliphatic heterocycles. The summed E-state index contributed by atoms with van der Waals surface area (Å²) in [7, 11) is -3.83. The van der Waals surface area contributed by atoms with Gasteiger partial charge in [-0.25, -0.2) is 13.4 Å². The first-order valence-electron chi connectivity index (χ1n) is 13.5. The molecule has 9 nitrogen and oxygen atoms in total. The number of carbonyl (C=O) groups is 1. The van der Waals surface area contributed by atoms with Gasteiger partial charge in [0.15, 0.2) is 5.16 Å². The number of thioether (sulfide) groups is 1. The van der Waals surface area contributed by atoms with E-state index in [4.69, 9.17) is 4.98 Å². The summed E-state index contributed by atoms with van der Waals surface area (Å²) in [6, 6.07) is 6.14. The zero-order valence-corrected chi connectivity index (χ0v) is 24.9. The minimum absolute atomic E-state index is 0.00322. The summed E-state index contributed by atoms with van der Waals surface area (Å²) in [6.45, 7) is 6.93. The highest BCUT2D eigenvalue weighted by Crippen LogP contribution is 2.36. The maximum atomic E-state index is 13.5. The van der Waals surface area contributed by atoms with Crippen molar-refractivity contribution in [3.8, 4) is 0 Å². The van der Waals surface area contributed by atoms with Gasteiger partial charge >= 0.3 is 0 Å². The summed E-state index contributed by atoms with van der Waals surface area (Å²) < 4.78 is 30.0. The van der Waals surface area contributed by atoms with Crippen LogP contribution in [0.4, 0.5) is 5.69 Å². The van der Waals surface area contributed by atoms with E-state index in [-0.39, 0.29) is 22.1 Å². The number of nitrogens with zero attached hydrogens (tertiary/aromatic N) is 3. The van der Waals surface area contributed by atoms with Crippen molar-refractivity contribution in [1.82, 2.24) is 14.3 Å². The number of sulfonamides is 1. The lowest BCUT2D eigenvalue weighted by Crippen LogP contribution is -2.30. The van der Waals surface area contributed by atoms with Gasteiger partial charge in [0.05, 0.1) is 16.0 Å². The monoisotopic (exact) mass is 599 g/mol. The zero-order valence-electron chi connectivity index (χ0n) is 22.4. The van der Waals surface area contributed by atoms with Crippen LogP contribution in [-0.2, 0) is 34.2 Å². The van der Waals surface area contributed by atoms with Crippen LogP contribution in [0.1, 0.15) is 49.5 Å². The lowest BCUT2D eigenvalue weighted by Gasteiger charge is -2.17. The Morgan fingerprint density at radius 3 is 2.95 bits per heavy atom. The number of fused-ring (bicyclic) bond motifs is 3. The number of benzene rings is 1. The third kappa shape index (κ3) is 6.34. The highest BCUT2D eigenvalue weighted by atomic mass is 32.2. The van der Waals surface area contributed by atoms with Gasteiger partial charge in [-0.3, -0.25) is 23.9 Å². The van der Waals surface area contributed by atoms with Gasteiger partial charge in [0.25, 0.3) is 15.6 Å². The molecule has 1 aromatic carbocycles. The van der Waals surface area contributed by atoms with Gasteiger partial charge in [0.2, 0.25) is 5.91 Å². The fourth-order valence-electron chi connectivity index (χ4n) is 5.04. The molecule has 2 aliphatic rings. The van der Waals surface area contributed by atoms with Crippen molar-refractivity contribution in [1.29, 1.82) is 0 Å². The number of anilines is 1. The van der Waals surface area contributed by atoms with Gasteiger partial charge in [-0.05, 0) is 61.8 Å². The largest absolute Gasteiger partial charge is 0.325 e. The summed E-state index contributed by atoms with van der Waals surface area (Å²) in [5.74, 6) is 0.728. The van der Waals surface area contributed by atoms with Crippen LogP contribution in [0.15, 0.2) is 56.8 Å². The summed E-state index contributed by atoms with van der Waals surface area (Å²) in [4.78, 5) is 37.5. The first kappa shape index (κ1) is 28.6. The van der Waals surface area contributed by atoms with Crippen LogP contribution in [0.3, 0.4) is 0 Å². The molecule has 212 valence electrons. The molecule has 1 aliphatic carbocycles. The Bertz CT molecular complexity index is 1640. The maximum absolute atomic E-state index is 13.5. The number of rotatable bonds is 8. The highest BCUT2D eigenvalue weighted by molar-refractivity contribution is 7.99. The number of allylic oxidation sites excluding steroid dienone is 1. The number of nitrogens with one attached hydrogen (secondary N) is 2. The number of aliphatic imine (C=N–C) groups is 1. The number of amides is 1. The molecule has 0 fully saturated rings. The molecule has 0 saturated heterocycles. The molecule has 0 saturated carbocycles. The molecule has 12 heteroatoms. The number of amidine groups is 1. The second-order valence-corrected chi connectivity index (χ2v) is 13.9. The predicted molar refractivity (Wildman–Crippen MR) is 162 cm³/mol. The molecule has 0 bridgehead atoms. The van der Waals surface area contributed by atoms with Crippen molar-refractivity contribution in [3.63, 3.8) is 0 Å². The summed E-state index contributed by atoms with van der Waals surface area (Å²) in [5.41, 5.74) is 1.39. The Balaban J connectivity index is 1.30. The average Bonchev–Trinajstić information content (AvgIpc) is 3.08. The molecule has 3 aromatic rings. The van der Waals surface area contributed by atoms with Gasteiger partial charge in [0, 0.05) is 30.1 Å². The van der Waals surface area contributed by atoms with E-state index in [2.05, 4.69) is 28.5 Å². The molecule has 3 heterocycles. The number of carbonyl (C=O) groups excluding carboxylic acids is 1. The molecule has 1 amide bonds. The van der Waals surface area contributed by atoms with Crippen molar-refractivity contribution < 1.29 is 13.2 Å². The van der Waals surface area contributed by atoms with E-state index in [1.165, 1.54) is 28.8 Å². The van der Waals surface area contributed by atoms with Gasteiger partial charge < -0.3 is 5.32 Å². The van der Waals surface area contributed by atoms with Crippen molar-refractivity contribution >= 4 is 60.8 Å². The molecule has 1 atom stereocenters. The Hall–Kier alpha value is -2.96. The van der Waals surface area contributed by atoms with Crippen molar-refractivity contribution in [2.24, 2.45) is 10.9 Å². The first-order chi connectivity index (χ1) is 19.2. The number of aryl methyl sites for hydroxylation is 1. The quantitative estimate of drug-likeness (QED) is 0.219. The van der Waals surface area contributed by atoms with E-state index < -0.39 is 10.0 Å². The summed E-state index contributed by atoms with van der Waals surface area (Å²) in [5, 5.41) is 3.93. The van der Waals surface area contributed by atoms with Gasteiger partial charge in [-0.15, -0.1) is 17.9 Å². The lowest BCUT2D eigenvalue weighted by atomic mass is 9.89. The molecular weight excluding hydrogens is 567 g/mol. The van der Waals surface area contributed by atoms with E-state index in [1.807, 2.05) is 0 Å². The standard InChI is InChI=1S/C28H33N5O4S3/c1-3-14-33-27(35)25-21-12-11-18(2)15-22(21)39-26(25)31-28(33)38-17-24(34)30-19-8-7-9-20(16-19)40(36,37)32-23-10-5-4-6-13-29-23/h3,7-9,16,18H,1,4-6,10-15,17H2,2H3,(H,29,32)(H,30,34).